The summed E-state index contributed by atoms with van der Waals surface area (Å²) in [5.41, 5.74) is 1.86. The first-order chi connectivity index (χ1) is 11.2. The lowest BCUT2D eigenvalue weighted by Crippen LogP contribution is -2.25. The van der Waals surface area contributed by atoms with Gasteiger partial charge < -0.3 is 4.74 Å². The van der Waals surface area contributed by atoms with Crippen molar-refractivity contribution in [1.82, 2.24) is 25.2 Å². The number of carbonyl (C=O) groups is 1. The summed E-state index contributed by atoms with van der Waals surface area (Å²) >= 11 is 0. The quantitative estimate of drug-likeness (QED) is 0.803. The Hall–Kier alpha value is -2.31. The number of hydrogen-bond donors (Lipinski definition) is 0. The van der Waals surface area contributed by atoms with Gasteiger partial charge in [0, 0.05) is 17.5 Å². The van der Waals surface area contributed by atoms with E-state index >= 15 is 0 Å². The molecule has 0 aromatic carbocycles. The van der Waals surface area contributed by atoms with Crippen LogP contribution >= 0.6 is 0 Å². The molecule has 1 saturated carbocycles. The van der Waals surface area contributed by atoms with Gasteiger partial charge in [0.2, 0.25) is 5.82 Å². The number of pyridine rings is 1. The number of tetrazole rings is 1. The van der Waals surface area contributed by atoms with Crippen LogP contribution in [0.3, 0.4) is 0 Å². The van der Waals surface area contributed by atoms with Crippen molar-refractivity contribution in [3.8, 4) is 11.4 Å². The number of methoxy groups -OCH3 is 1. The molecule has 2 heterocycles. The number of ether oxygens (including phenoxy) is 1. The van der Waals surface area contributed by atoms with E-state index in [2.05, 4.69) is 20.4 Å². The van der Waals surface area contributed by atoms with Crippen LogP contribution < -0.4 is 0 Å². The molecule has 0 aliphatic heterocycles. The third-order valence-corrected chi connectivity index (χ3v) is 4.41. The Labute approximate surface area is 135 Å². The van der Waals surface area contributed by atoms with Gasteiger partial charge >= 0.3 is 5.97 Å². The predicted molar refractivity (Wildman–Crippen MR) is 83.2 cm³/mol. The molecule has 1 aliphatic carbocycles. The molecule has 2 aromatic heterocycles. The van der Waals surface area contributed by atoms with Crippen LogP contribution in [0.1, 0.15) is 31.4 Å². The summed E-state index contributed by atoms with van der Waals surface area (Å²) in [5, 5.41) is 12.7. The molecule has 3 rings (SSSR count). The molecule has 2 aromatic rings. The van der Waals surface area contributed by atoms with Crippen LogP contribution in [0.2, 0.25) is 0 Å². The van der Waals surface area contributed by atoms with Crippen molar-refractivity contribution in [1.29, 1.82) is 0 Å². The van der Waals surface area contributed by atoms with E-state index in [1.165, 1.54) is 7.11 Å². The van der Waals surface area contributed by atoms with E-state index in [-0.39, 0.29) is 11.9 Å². The van der Waals surface area contributed by atoms with Gasteiger partial charge in [0.1, 0.15) is 0 Å². The number of esters is 1. The predicted octanol–water partition coefficient (Wildman–Crippen LogP) is 2.02. The highest BCUT2D eigenvalue weighted by Crippen LogP contribution is 2.30. The van der Waals surface area contributed by atoms with Crippen molar-refractivity contribution in [2.45, 2.75) is 39.2 Å². The third-order valence-electron chi connectivity index (χ3n) is 4.41. The second kappa shape index (κ2) is 6.85. The second-order valence-corrected chi connectivity index (χ2v) is 6.09. The number of aromatic nitrogens is 5. The normalized spacial score (nSPS) is 21.1. The summed E-state index contributed by atoms with van der Waals surface area (Å²) in [6.45, 7) is 2.68. The van der Waals surface area contributed by atoms with Gasteiger partial charge in [0.25, 0.3) is 0 Å². The highest BCUT2D eigenvalue weighted by Gasteiger charge is 2.27. The molecule has 0 spiro atoms. The number of hydrogen-bond acceptors (Lipinski definition) is 6. The minimum absolute atomic E-state index is 0.0512. The Bertz CT molecular complexity index is 677. The number of rotatable bonds is 4. The van der Waals surface area contributed by atoms with E-state index in [0.717, 1.165) is 43.5 Å². The zero-order chi connectivity index (χ0) is 16.2. The molecular formula is C16H21N5O2. The van der Waals surface area contributed by atoms with Crippen molar-refractivity contribution in [3.05, 3.63) is 24.0 Å². The average molecular weight is 315 g/mol. The fourth-order valence-electron chi connectivity index (χ4n) is 3.10. The summed E-state index contributed by atoms with van der Waals surface area (Å²) in [7, 11) is 1.45. The molecule has 0 bridgehead atoms. The Morgan fingerprint density at radius 3 is 2.83 bits per heavy atom. The Morgan fingerprint density at radius 2 is 2.13 bits per heavy atom. The standard InChI is InChI=1S/C16H21N5O2/c1-11-9-14(7-8-17-11)15-18-20-21(19-15)10-12-3-5-13(6-4-12)16(22)23-2/h7-9,12-13H,3-6,10H2,1-2H3. The fraction of sp³-hybridized carbons (Fsp3) is 0.562. The summed E-state index contributed by atoms with van der Waals surface area (Å²) < 4.78 is 4.82. The van der Waals surface area contributed by atoms with Crippen LogP contribution in [0, 0.1) is 18.8 Å². The molecule has 0 amide bonds. The SMILES string of the molecule is COC(=O)C1CCC(Cn2nnc(-c3ccnc(C)c3)n2)CC1. The maximum absolute atomic E-state index is 11.6. The topological polar surface area (TPSA) is 82.8 Å². The number of nitrogens with zero attached hydrogens (tertiary/aromatic N) is 5. The molecule has 122 valence electrons. The summed E-state index contributed by atoms with van der Waals surface area (Å²) in [6, 6.07) is 3.83. The maximum atomic E-state index is 11.6. The molecule has 0 saturated heterocycles. The van der Waals surface area contributed by atoms with Crippen LogP contribution in [-0.2, 0) is 16.1 Å². The number of aryl methyl sites for hydroxylation is 1. The molecule has 0 radical (unpaired) electrons. The van der Waals surface area contributed by atoms with Crippen LogP contribution in [0.5, 0.6) is 0 Å². The zero-order valence-corrected chi connectivity index (χ0v) is 13.5. The average Bonchev–Trinajstić information content (AvgIpc) is 3.03. The maximum Gasteiger partial charge on any atom is 0.308 e. The van der Waals surface area contributed by atoms with Crippen LogP contribution in [-0.4, -0.2) is 38.3 Å². The van der Waals surface area contributed by atoms with E-state index in [0.29, 0.717) is 11.7 Å². The molecule has 23 heavy (non-hydrogen) atoms. The lowest BCUT2D eigenvalue weighted by molar-refractivity contribution is -0.146. The lowest BCUT2D eigenvalue weighted by Gasteiger charge is -2.26. The minimum atomic E-state index is -0.0855. The van der Waals surface area contributed by atoms with Crippen molar-refractivity contribution in [2.24, 2.45) is 11.8 Å². The van der Waals surface area contributed by atoms with Gasteiger partial charge in [-0.05, 0) is 55.9 Å². The summed E-state index contributed by atoms with van der Waals surface area (Å²) in [6.07, 6.45) is 5.49. The van der Waals surface area contributed by atoms with E-state index < -0.39 is 0 Å². The first-order valence-corrected chi connectivity index (χ1v) is 7.94. The zero-order valence-electron chi connectivity index (χ0n) is 13.5. The Balaban J connectivity index is 1.59. The van der Waals surface area contributed by atoms with Gasteiger partial charge in [-0.2, -0.15) is 4.80 Å². The van der Waals surface area contributed by atoms with Crippen molar-refractivity contribution in [3.63, 3.8) is 0 Å². The first-order valence-electron chi connectivity index (χ1n) is 7.94. The lowest BCUT2D eigenvalue weighted by atomic mass is 9.82. The Morgan fingerprint density at radius 1 is 1.35 bits per heavy atom. The summed E-state index contributed by atoms with van der Waals surface area (Å²) in [4.78, 5) is 17.4. The fourth-order valence-corrected chi connectivity index (χ4v) is 3.10. The first kappa shape index (κ1) is 15.6. The van der Waals surface area contributed by atoms with E-state index in [1.807, 2.05) is 19.1 Å². The highest BCUT2D eigenvalue weighted by atomic mass is 16.5. The smallest absolute Gasteiger partial charge is 0.308 e. The van der Waals surface area contributed by atoms with Crippen LogP contribution in [0.15, 0.2) is 18.3 Å². The van der Waals surface area contributed by atoms with Gasteiger partial charge in [-0.1, -0.05) is 0 Å². The van der Waals surface area contributed by atoms with Crippen LogP contribution in [0.4, 0.5) is 0 Å². The highest BCUT2D eigenvalue weighted by molar-refractivity contribution is 5.72. The van der Waals surface area contributed by atoms with Gasteiger partial charge in [0.15, 0.2) is 0 Å². The van der Waals surface area contributed by atoms with Gasteiger partial charge in [0.05, 0.1) is 19.6 Å². The van der Waals surface area contributed by atoms with E-state index in [4.69, 9.17) is 4.74 Å². The Kier molecular flexibility index (Phi) is 4.64. The van der Waals surface area contributed by atoms with Crippen molar-refractivity contribution >= 4 is 5.97 Å². The molecule has 7 heteroatoms. The second-order valence-electron chi connectivity index (χ2n) is 6.09. The van der Waals surface area contributed by atoms with Crippen molar-refractivity contribution in [2.75, 3.05) is 7.11 Å². The van der Waals surface area contributed by atoms with Gasteiger partial charge in [-0.15, -0.1) is 10.2 Å². The largest absolute Gasteiger partial charge is 0.469 e. The van der Waals surface area contributed by atoms with E-state index in [9.17, 15) is 4.79 Å². The summed E-state index contributed by atoms with van der Waals surface area (Å²) in [5.74, 6) is 1.07. The molecule has 0 unspecified atom stereocenters. The van der Waals surface area contributed by atoms with Gasteiger partial charge in [-0.3, -0.25) is 9.78 Å². The molecular weight excluding hydrogens is 294 g/mol. The van der Waals surface area contributed by atoms with Gasteiger partial charge in [-0.25, -0.2) is 0 Å². The molecule has 0 atom stereocenters. The van der Waals surface area contributed by atoms with E-state index in [1.54, 1.807) is 11.0 Å². The van der Waals surface area contributed by atoms with Crippen molar-refractivity contribution < 1.29 is 9.53 Å². The molecule has 1 fully saturated rings. The minimum Gasteiger partial charge on any atom is -0.469 e. The molecule has 1 aliphatic rings. The third kappa shape index (κ3) is 3.72. The number of carbonyl (C=O) groups excluding carboxylic acids is 1. The monoisotopic (exact) mass is 315 g/mol. The molecule has 0 N–H and O–H groups in total. The molecule has 7 nitrogen and oxygen atoms in total. The van der Waals surface area contributed by atoms with Crippen LogP contribution in [0.25, 0.3) is 11.4 Å².